The highest BCUT2D eigenvalue weighted by atomic mass is 15.2. The molecule has 2 heteroatoms. The van der Waals surface area contributed by atoms with Gasteiger partial charge in [-0.25, -0.2) is 0 Å². The van der Waals surface area contributed by atoms with Crippen molar-refractivity contribution in [1.82, 2.24) is 4.90 Å². The quantitative estimate of drug-likeness (QED) is 0.774. The van der Waals surface area contributed by atoms with Crippen molar-refractivity contribution in [1.29, 1.82) is 5.26 Å². The van der Waals surface area contributed by atoms with Crippen LogP contribution in [0, 0.1) is 18.3 Å². The highest BCUT2D eigenvalue weighted by molar-refractivity contribution is 5.21. The van der Waals surface area contributed by atoms with Crippen LogP contribution in [0.5, 0.6) is 0 Å². The third-order valence-electron chi connectivity index (χ3n) is 3.08. The Balaban J connectivity index is 2.53. The van der Waals surface area contributed by atoms with Crippen molar-refractivity contribution in [2.75, 3.05) is 13.6 Å². The fourth-order valence-electron chi connectivity index (χ4n) is 1.42. The molecule has 1 rings (SSSR count). The SMILES string of the molecule is Cc1ccc(CCN(C)C(C)(C)C#N)cc1. The van der Waals surface area contributed by atoms with E-state index in [2.05, 4.69) is 42.2 Å². The predicted octanol–water partition coefficient (Wildman–Crippen LogP) is 2.77. The molecule has 0 fully saturated rings. The van der Waals surface area contributed by atoms with Crippen LogP contribution in [-0.4, -0.2) is 24.0 Å². The number of rotatable bonds is 4. The zero-order valence-electron chi connectivity index (χ0n) is 10.6. The Labute approximate surface area is 98.5 Å². The van der Waals surface area contributed by atoms with Crippen LogP contribution in [-0.2, 0) is 6.42 Å². The largest absolute Gasteiger partial charge is 0.289 e. The van der Waals surface area contributed by atoms with E-state index in [1.807, 2.05) is 20.9 Å². The lowest BCUT2D eigenvalue weighted by molar-refractivity contribution is 0.214. The van der Waals surface area contributed by atoms with Gasteiger partial charge in [0.05, 0.1) is 6.07 Å². The van der Waals surface area contributed by atoms with E-state index in [4.69, 9.17) is 5.26 Å². The summed E-state index contributed by atoms with van der Waals surface area (Å²) in [6, 6.07) is 10.9. The van der Waals surface area contributed by atoms with Gasteiger partial charge in [0.15, 0.2) is 0 Å². The van der Waals surface area contributed by atoms with Crippen molar-refractivity contribution in [2.45, 2.75) is 32.7 Å². The Kier molecular flexibility index (Phi) is 4.09. The number of nitriles is 1. The number of hydrogen-bond acceptors (Lipinski definition) is 2. The molecule has 1 aromatic rings. The first-order valence-corrected chi connectivity index (χ1v) is 5.64. The predicted molar refractivity (Wildman–Crippen MR) is 67.2 cm³/mol. The summed E-state index contributed by atoms with van der Waals surface area (Å²) in [5.74, 6) is 0. The standard InChI is InChI=1S/C14H20N2/c1-12-5-7-13(8-6-12)9-10-16(4)14(2,3)11-15/h5-8H,9-10H2,1-4H3. The van der Waals surface area contributed by atoms with Crippen LogP contribution in [0.25, 0.3) is 0 Å². The molecule has 0 amide bonds. The molecule has 0 heterocycles. The van der Waals surface area contributed by atoms with E-state index in [1.54, 1.807) is 0 Å². The van der Waals surface area contributed by atoms with Crippen molar-refractivity contribution in [3.8, 4) is 6.07 Å². The molecule has 0 aliphatic rings. The molecule has 2 nitrogen and oxygen atoms in total. The Morgan fingerprint density at radius 3 is 2.31 bits per heavy atom. The van der Waals surface area contributed by atoms with E-state index >= 15 is 0 Å². The van der Waals surface area contributed by atoms with Gasteiger partial charge in [0, 0.05) is 6.54 Å². The van der Waals surface area contributed by atoms with Gasteiger partial charge in [-0.05, 0) is 39.8 Å². The monoisotopic (exact) mass is 216 g/mol. The summed E-state index contributed by atoms with van der Waals surface area (Å²) in [5, 5.41) is 9.01. The first-order valence-electron chi connectivity index (χ1n) is 5.64. The van der Waals surface area contributed by atoms with Crippen LogP contribution in [0.15, 0.2) is 24.3 Å². The third-order valence-corrected chi connectivity index (χ3v) is 3.08. The lowest BCUT2D eigenvalue weighted by Gasteiger charge is -2.28. The summed E-state index contributed by atoms with van der Waals surface area (Å²) >= 11 is 0. The minimum Gasteiger partial charge on any atom is -0.289 e. The van der Waals surface area contributed by atoms with Gasteiger partial charge in [-0.1, -0.05) is 29.8 Å². The molecule has 0 aliphatic heterocycles. The van der Waals surface area contributed by atoms with E-state index in [0.29, 0.717) is 0 Å². The molecule has 0 saturated carbocycles. The first kappa shape index (κ1) is 12.7. The minimum atomic E-state index is -0.384. The highest BCUT2D eigenvalue weighted by Crippen LogP contribution is 2.12. The Morgan fingerprint density at radius 1 is 1.25 bits per heavy atom. The van der Waals surface area contributed by atoms with Crippen LogP contribution >= 0.6 is 0 Å². The van der Waals surface area contributed by atoms with Gasteiger partial charge in [0.2, 0.25) is 0 Å². The van der Waals surface area contributed by atoms with Gasteiger partial charge in [-0.15, -0.1) is 0 Å². The molecule has 0 aliphatic carbocycles. The molecule has 0 spiro atoms. The number of hydrogen-bond donors (Lipinski definition) is 0. The normalized spacial score (nSPS) is 11.5. The summed E-state index contributed by atoms with van der Waals surface area (Å²) < 4.78 is 0. The molecule has 0 atom stereocenters. The Hall–Kier alpha value is -1.33. The summed E-state index contributed by atoms with van der Waals surface area (Å²) in [5.41, 5.74) is 2.23. The fourth-order valence-corrected chi connectivity index (χ4v) is 1.42. The summed E-state index contributed by atoms with van der Waals surface area (Å²) in [4.78, 5) is 2.09. The second-order valence-corrected chi connectivity index (χ2v) is 4.83. The summed E-state index contributed by atoms with van der Waals surface area (Å²) in [6.07, 6.45) is 0.988. The van der Waals surface area contributed by atoms with Crippen molar-refractivity contribution in [3.63, 3.8) is 0 Å². The van der Waals surface area contributed by atoms with Crippen molar-refractivity contribution in [2.24, 2.45) is 0 Å². The van der Waals surface area contributed by atoms with Crippen LogP contribution in [0.2, 0.25) is 0 Å². The van der Waals surface area contributed by atoms with Gasteiger partial charge < -0.3 is 0 Å². The molecule has 1 aromatic carbocycles. The topological polar surface area (TPSA) is 27.0 Å². The van der Waals surface area contributed by atoms with Crippen molar-refractivity contribution >= 4 is 0 Å². The third kappa shape index (κ3) is 3.36. The number of aryl methyl sites for hydroxylation is 1. The molecule has 0 radical (unpaired) electrons. The lowest BCUT2D eigenvalue weighted by atomic mass is 10.0. The van der Waals surface area contributed by atoms with E-state index in [9.17, 15) is 0 Å². The zero-order chi connectivity index (χ0) is 12.2. The van der Waals surface area contributed by atoms with Gasteiger partial charge >= 0.3 is 0 Å². The average Bonchev–Trinajstić information content (AvgIpc) is 2.28. The van der Waals surface area contributed by atoms with Gasteiger partial charge in [0.25, 0.3) is 0 Å². The highest BCUT2D eigenvalue weighted by Gasteiger charge is 2.21. The maximum Gasteiger partial charge on any atom is 0.103 e. The Morgan fingerprint density at radius 2 is 1.81 bits per heavy atom. The van der Waals surface area contributed by atoms with E-state index in [1.165, 1.54) is 11.1 Å². The Bertz CT molecular complexity index is 371. The molecule has 86 valence electrons. The van der Waals surface area contributed by atoms with Crippen molar-refractivity contribution < 1.29 is 0 Å². The molecular weight excluding hydrogens is 196 g/mol. The molecule has 0 saturated heterocycles. The molecule has 0 N–H and O–H groups in total. The zero-order valence-corrected chi connectivity index (χ0v) is 10.6. The van der Waals surface area contributed by atoms with Crippen LogP contribution in [0.3, 0.4) is 0 Å². The summed E-state index contributed by atoms with van der Waals surface area (Å²) in [7, 11) is 2.00. The maximum absolute atomic E-state index is 9.01. The van der Waals surface area contributed by atoms with Gasteiger partial charge in [-0.2, -0.15) is 5.26 Å². The smallest absolute Gasteiger partial charge is 0.103 e. The number of nitrogens with zero attached hydrogens (tertiary/aromatic N) is 2. The summed E-state index contributed by atoms with van der Waals surface area (Å²) in [6.45, 7) is 6.89. The van der Waals surface area contributed by atoms with Crippen LogP contribution < -0.4 is 0 Å². The lowest BCUT2D eigenvalue weighted by Crippen LogP contribution is -2.40. The molecule has 0 aromatic heterocycles. The molecule has 0 unspecified atom stereocenters. The van der Waals surface area contributed by atoms with Gasteiger partial charge in [0.1, 0.15) is 5.54 Å². The molecule has 16 heavy (non-hydrogen) atoms. The second-order valence-electron chi connectivity index (χ2n) is 4.83. The average molecular weight is 216 g/mol. The van der Waals surface area contributed by atoms with E-state index in [0.717, 1.165) is 13.0 Å². The number of benzene rings is 1. The fraction of sp³-hybridized carbons (Fsp3) is 0.500. The van der Waals surface area contributed by atoms with Crippen molar-refractivity contribution in [3.05, 3.63) is 35.4 Å². The number of likely N-dealkylation sites (N-methyl/N-ethyl adjacent to an activating group) is 1. The molecular formula is C14H20N2. The second kappa shape index (κ2) is 5.14. The minimum absolute atomic E-state index is 0.384. The molecule has 0 bridgehead atoms. The maximum atomic E-state index is 9.01. The van der Waals surface area contributed by atoms with Crippen LogP contribution in [0.1, 0.15) is 25.0 Å². The van der Waals surface area contributed by atoms with Gasteiger partial charge in [-0.3, -0.25) is 4.90 Å². The van der Waals surface area contributed by atoms with E-state index in [-0.39, 0.29) is 5.54 Å². The first-order chi connectivity index (χ1) is 7.45. The van der Waals surface area contributed by atoms with E-state index < -0.39 is 0 Å². The van der Waals surface area contributed by atoms with Crippen LogP contribution in [0.4, 0.5) is 0 Å².